The summed E-state index contributed by atoms with van der Waals surface area (Å²) in [6.07, 6.45) is -4.58. The van der Waals surface area contributed by atoms with Gasteiger partial charge in [-0.25, -0.2) is 9.97 Å². The van der Waals surface area contributed by atoms with Crippen molar-refractivity contribution in [2.24, 2.45) is 0 Å². The Labute approximate surface area is 141 Å². The molecule has 0 bridgehead atoms. The van der Waals surface area contributed by atoms with Gasteiger partial charge in [0.05, 0.1) is 11.2 Å². The Morgan fingerprint density at radius 1 is 1.30 bits per heavy atom. The molecule has 2 rings (SSSR count). The summed E-state index contributed by atoms with van der Waals surface area (Å²) in [6.45, 7) is 0. The van der Waals surface area contributed by atoms with Gasteiger partial charge in [0.25, 0.3) is 5.82 Å². The first-order chi connectivity index (χ1) is 10.3. The fourth-order valence-electron chi connectivity index (χ4n) is 1.55. The Morgan fingerprint density at radius 2 is 1.87 bits per heavy atom. The summed E-state index contributed by atoms with van der Waals surface area (Å²) in [5, 5.41) is 11.0. The molecule has 15 heteroatoms. The van der Waals surface area contributed by atoms with Gasteiger partial charge in [0.15, 0.2) is 10.3 Å². The molecule has 9 nitrogen and oxygen atoms in total. The fourth-order valence-corrected chi connectivity index (χ4v) is 3.42. The van der Waals surface area contributed by atoms with E-state index in [0.29, 0.717) is 6.26 Å². The van der Waals surface area contributed by atoms with E-state index in [1.54, 1.807) is 0 Å². The zero-order chi connectivity index (χ0) is 17.7. The molecule has 2 heterocycles. The minimum absolute atomic E-state index is 0.165. The fraction of sp³-hybridized carbons (Fsp3) is 0.250. The van der Waals surface area contributed by atoms with Crippen LogP contribution in [0.4, 0.5) is 18.9 Å². The van der Waals surface area contributed by atoms with Crippen molar-refractivity contribution in [3.63, 3.8) is 0 Å². The molecule has 0 atom stereocenters. The molecule has 0 aliphatic rings. The van der Waals surface area contributed by atoms with E-state index in [9.17, 15) is 31.7 Å². The second-order valence-corrected chi connectivity index (χ2v) is 7.10. The number of imidazole rings is 1. The van der Waals surface area contributed by atoms with Crippen molar-refractivity contribution < 1.29 is 30.8 Å². The topological polar surface area (TPSA) is 117 Å². The van der Waals surface area contributed by atoms with Gasteiger partial charge in [0.2, 0.25) is 0 Å². The molecule has 0 spiro atoms. The number of aromatic nitrogens is 3. The van der Waals surface area contributed by atoms with Crippen molar-refractivity contribution in [2.45, 2.75) is 6.18 Å². The third-order valence-corrected chi connectivity index (χ3v) is 4.00. The van der Waals surface area contributed by atoms with Crippen LogP contribution in [0, 0.1) is 10.1 Å². The number of fused-ring (bicyclic) bond motifs is 1. The van der Waals surface area contributed by atoms with Crippen LogP contribution in [0.1, 0.15) is 5.82 Å². The van der Waals surface area contributed by atoms with Crippen LogP contribution in [0.15, 0.2) is 9.08 Å². The van der Waals surface area contributed by atoms with Crippen molar-refractivity contribution in [1.82, 2.24) is 14.7 Å². The highest BCUT2D eigenvalue weighted by molar-refractivity contribution is 9.11. The lowest BCUT2D eigenvalue weighted by Crippen LogP contribution is -2.25. The average molecular weight is 484 g/mol. The maximum absolute atomic E-state index is 13.0. The number of pyridine rings is 1. The Bertz CT molecular complexity index is 926. The predicted molar refractivity (Wildman–Crippen MR) is 76.0 cm³/mol. The molecule has 0 unspecified atom stereocenters. The second-order valence-electron chi connectivity index (χ2n) is 4.00. The Balaban J connectivity index is 2.97. The summed E-state index contributed by atoms with van der Waals surface area (Å²) in [7, 11) is -4.39. The minimum atomic E-state index is -5.09. The summed E-state index contributed by atoms with van der Waals surface area (Å²) >= 11 is 5.50. The molecule has 0 radical (unpaired) electrons. The largest absolute Gasteiger partial charge is 0.453 e. The summed E-state index contributed by atoms with van der Waals surface area (Å²) in [6, 6.07) is 0. The molecule has 0 aliphatic heterocycles. The minimum Gasteiger partial charge on any atom is -0.285 e. The predicted octanol–water partition coefficient (Wildman–Crippen LogP) is 2.27. The highest BCUT2D eigenvalue weighted by Gasteiger charge is 2.41. The van der Waals surface area contributed by atoms with Crippen LogP contribution in [-0.4, -0.2) is 34.3 Å². The number of halogens is 5. The molecule has 2 aromatic heterocycles. The van der Waals surface area contributed by atoms with Crippen LogP contribution in [0.25, 0.3) is 11.2 Å². The molecule has 0 saturated carbocycles. The number of alkyl halides is 3. The Kier molecular flexibility index (Phi) is 4.31. The molecule has 0 aromatic carbocycles. The first kappa shape index (κ1) is 17.9. The number of hydrogen-bond donors (Lipinski definition) is 0. The molecule has 0 N–H and O–H groups in total. The van der Waals surface area contributed by atoms with Crippen molar-refractivity contribution in [1.29, 1.82) is 0 Å². The lowest BCUT2D eigenvalue weighted by Gasteiger charge is -2.10. The summed E-state index contributed by atoms with van der Waals surface area (Å²) < 4.78 is 64.7. The number of nitro groups is 1. The monoisotopic (exact) mass is 482 g/mol. The van der Waals surface area contributed by atoms with E-state index in [2.05, 4.69) is 46.1 Å². The molecular formula is C8H3Br2F3N4O5S. The maximum atomic E-state index is 13.0. The molecule has 23 heavy (non-hydrogen) atoms. The lowest BCUT2D eigenvalue weighted by atomic mass is 10.4. The van der Waals surface area contributed by atoms with Crippen LogP contribution in [0.5, 0.6) is 0 Å². The second kappa shape index (κ2) is 5.55. The van der Waals surface area contributed by atoms with Crippen molar-refractivity contribution in [2.75, 3.05) is 6.26 Å². The van der Waals surface area contributed by atoms with Gasteiger partial charge in [0, 0.05) is 0 Å². The number of hydrogen-bond acceptors (Lipinski definition) is 7. The van der Waals surface area contributed by atoms with E-state index in [1.807, 2.05) is 0 Å². The van der Waals surface area contributed by atoms with Crippen LogP contribution >= 0.6 is 31.9 Å². The van der Waals surface area contributed by atoms with Crippen LogP contribution in [-0.2, 0) is 16.3 Å². The van der Waals surface area contributed by atoms with Gasteiger partial charge in [-0.3, -0.25) is 14.4 Å². The Hall–Kier alpha value is -1.48. The van der Waals surface area contributed by atoms with E-state index < -0.39 is 48.4 Å². The Morgan fingerprint density at radius 3 is 2.30 bits per heavy atom. The zero-order valence-corrected chi connectivity index (χ0v) is 14.6. The summed E-state index contributed by atoms with van der Waals surface area (Å²) in [5.74, 6) is -1.74. The van der Waals surface area contributed by atoms with Gasteiger partial charge < -0.3 is 0 Å². The normalized spacial score (nSPS) is 12.6. The van der Waals surface area contributed by atoms with Gasteiger partial charge >= 0.3 is 22.0 Å². The van der Waals surface area contributed by atoms with Crippen LogP contribution in [0.2, 0.25) is 0 Å². The third kappa shape index (κ3) is 3.40. The molecular weight excluding hydrogens is 481 g/mol. The standard InChI is InChI=1S/C8H3Br2F3N4O5S/c1-23(20,21)22-16-4-2(9)3(17(18)19)5(10)14-6(4)15-7(16)8(11,12)13/h1H3. The molecule has 0 aliphatic carbocycles. The highest BCUT2D eigenvalue weighted by Crippen LogP contribution is 2.39. The maximum Gasteiger partial charge on any atom is 0.453 e. The average Bonchev–Trinajstić information content (AvgIpc) is 2.64. The van der Waals surface area contributed by atoms with E-state index in [0.717, 1.165) is 0 Å². The quantitative estimate of drug-likeness (QED) is 0.373. The lowest BCUT2D eigenvalue weighted by molar-refractivity contribution is -0.386. The van der Waals surface area contributed by atoms with Crippen molar-refractivity contribution >= 4 is 58.8 Å². The summed E-state index contributed by atoms with van der Waals surface area (Å²) in [4.78, 5) is 16.7. The van der Waals surface area contributed by atoms with Crippen LogP contribution in [0.3, 0.4) is 0 Å². The van der Waals surface area contributed by atoms with Gasteiger partial charge in [-0.05, 0) is 31.9 Å². The number of rotatable bonds is 3. The number of nitrogens with zero attached hydrogens (tertiary/aromatic N) is 4. The van der Waals surface area contributed by atoms with E-state index >= 15 is 0 Å². The molecule has 0 fully saturated rings. The van der Waals surface area contributed by atoms with Crippen molar-refractivity contribution in [3.8, 4) is 0 Å². The first-order valence-electron chi connectivity index (χ1n) is 5.22. The third-order valence-electron chi connectivity index (χ3n) is 2.28. The smallest absolute Gasteiger partial charge is 0.285 e. The van der Waals surface area contributed by atoms with Gasteiger partial charge in [-0.2, -0.15) is 21.6 Å². The van der Waals surface area contributed by atoms with Crippen molar-refractivity contribution in [3.05, 3.63) is 25.0 Å². The van der Waals surface area contributed by atoms with E-state index in [4.69, 9.17) is 0 Å². The molecule has 2 aromatic rings. The first-order valence-corrected chi connectivity index (χ1v) is 8.62. The van der Waals surface area contributed by atoms with Gasteiger partial charge in [-0.1, -0.05) is 0 Å². The molecule has 0 saturated heterocycles. The van der Waals surface area contributed by atoms with Gasteiger partial charge in [-0.15, -0.1) is 4.73 Å². The molecule has 0 amide bonds. The summed E-state index contributed by atoms with van der Waals surface area (Å²) in [5.41, 5.74) is -1.98. The van der Waals surface area contributed by atoms with E-state index in [1.165, 1.54) is 0 Å². The van der Waals surface area contributed by atoms with Gasteiger partial charge in [0.1, 0.15) is 9.99 Å². The zero-order valence-electron chi connectivity index (χ0n) is 10.6. The van der Waals surface area contributed by atoms with Crippen LogP contribution < -0.4 is 4.28 Å². The highest BCUT2D eigenvalue weighted by atomic mass is 79.9. The van der Waals surface area contributed by atoms with E-state index in [-0.39, 0.29) is 9.33 Å². The molecule has 126 valence electrons. The SMILES string of the molecule is CS(=O)(=O)On1c(C(F)(F)F)nc2nc(Br)c([N+](=O)[O-])c(Br)c21.